The first kappa shape index (κ1) is 30.1. The van der Waals surface area contributed by atoms with Crippen LogP contribution in [-0.4, -0.2) is 106 Å². The Bertz CT molecular complexity index is 1730. The highest BCUT2D eigenvalue weighted by atomic mass is 35.5. The Morgan fingerprint density at radius 1 is 1.16 bits per heavy atom. The molecular weight excluding hydrogens is 594 g/mol. The second-order valence-electron chi connectivity index (χ2n) is 11.4. The van der Waals surface area contributed by atoms with E-state index in [1.54, 1.807) is 19.4 Å². The number of anilines is 1. The number of hydrogen-bond donors (Lipinski definition) is 1. The maximum absolute atomic E-state index is 14.8. The molecule has 1 amide bonds. The van der Waals surface area contributed by atoms with Crippen LogP contribution in [0.4, 0.5) is 14.6 Å². The number of piperazine rings is 1. The van der Waals surface area contributed by atoms with Gasteiger partial charge in [-0.3, -0.25) is 14.8 Å². The van der Waals surface area contributed by atoms with E-state index in [1.807, 2.05) is 11.0 Å². The second-order valence-corrected chi connectivity index (χ2v) is 11.7. The minimum absolute atomic E-state index is 0.00501. The van der Waals surface area contributed by atoms with E-state index in [1.165, 1.54) is 11.0 Å². The summed E-state index contributed by atoms with van der Waals surface area (Å²) in [7, 11) is 1.70. The summed E-state index contributed by atoms with van der Waals surface area (Å²) in [6.07, 6.45) is 1.58. The van der Waals surface area contributed by atoms with Crippen LogP contribution in [0, 0.1) is 11.7 Å². The van der Waals surface area contributed by atoms with Gasteiger partial charge < -0.3 is 19.3 Å². The lowest BCUT2D eigenvalue weighted by molar-refractivity contribution is -0.128. The molecule has 3 aromatic heterocycles. The van der Waals surface area contributed by atoms with Crippen molar-refractivity contribution in [3.63, 3.8) is 0 Å². The summed E-state index contributed by atoms with van der Waals surface area (Å²) < 4.78 is 40.2. The predicted octanol–water partition coefficient (Wildman–Crippen LogP) is 4.23. The summed E-state index contributed by atoms with van der Waals surface area (Å²) in [5.41, 5.74) is 1.61. The van der Waals surface area contributed by atoms with Crippen LogP contribution in [0.25, 0.3) is 33.2 Å². The first-order valence-electron chi connectivity index (χ1n) is 14.4. The average molecular weight is 627 g/mol. The van der Waals surface area contributed by atoms with Gasteiger partial charge in [-0.1, -0.05) is 18.2 Å². The van der Waals surface area contributed by atoms with E-state index < -0.39 is 17.6 Å². The normalized spacial score (nSPS) is 19.4. The van der Waals surface area contributed by atoms with Gasteiger partial charge in [0.25, 0.3) is 5.91 Å². The van der Waals surface area contributed by atoms with Crippen LogP contribution >= 0.6 is 11.6 Å². The highest BCUT2D eigenvalue weighted by Gasteiger charge is 2.35. The molecule has 14 heteroatoms. The van der Waals surface area contributed by atoms with Crippen molar-refractivity contribution < 1.29 is 23.0 Å². The number of carbonyl (C=O) groups excluding carboxylic acids is 1. The largest absolute Gasteiger partial charge is 0.463 e. The first-order chi connectivity index (χ1) is 21.1. The third-order valence-electron chi connectivity index (χ3n) is 8.38. The molecule has 2 atom stereocenters. The molecule has 0 bridgehead atoms. The maximum atomic E-state index is 14.8. The number of halogens is 3. The van der Waals surface area contributed by atoms with Gasteiger partial charge in [-0.25, -0.2) is 13.8 Å². The van der Waals surface area contributed by atoms with E-state index in [-0.39, 0.29) is 36.1 Å². The fraction of sp³-hybridized carbons (Fsp3) is 0.433. The van der Waals surface area contributed by atoms with Crippen molar-refractivity contribution in [2.45, 2.75) is 26.0 Å². The number of aromatic nitrogens is 5. The van der Waals surface area contributed by atoms with Crippen molar-refractivity contribution >= 4 is 45.3 Å². The molecule has 4 aromatic rings. The maximum Gasteiger partial charge on any atom is 0.320 e. The number of amides is 1. The van der Waals surface area contributed by atoms with E-state index in [2.05, 4.69) is 40.5 Å². The SMILES string of the molecule is C=C(F)C(=O)N1CCN(c2nc(OCC3CN(C(C)C)C[C@H]3OC)nc3nc(-c4c(Cl)c(F)cc5[nH]ncc45)ccc23)CC1. The van der Waals surface area contributed by atoms with Crippen LogP contribution in [0.1, 0.15) is 13.8 Å². The topological polar surface area (TPSA) is 113 Å². The van der Waals surface area contributed by atoms with Gasteiger partial charge in [-0.15, -0.1) is 0 Å². The van der Waals surface area contributed by atoms with E-state index in [0.29, 0.717) is 64.7 Å². The van der Waals surface area contributed by atoms with Gasteiger partial charge in [0, 0.05) is 75.4 Å². The van der Waals surface area contributed by atoms with Crippen molar-refractivity contribution in [1.82, 2.24) is 34.9 Å². The van der Waals surface area contributed by atoms with Crippen LogP contribution in [0.3, 0.4) is 0 Å². The standard InChI is InChI=1S/C30H33ClF2N8O3/c1-16(2)41-13-18(24(14-41)43-4)15-44-30-36-27-19(28(37-30)39-7-9-40(10-8-39)29(42)17(3)32)5-6-22(35-27)25-20-12-34-38-23(20)11-21(33)26(25)31/h5-6,11-12,16,18,24H,3,7-10,13-15H2,1-2,4H3,(H,34,38)/t18?,24-/m1/s1. The van der Waals surface area contributed by atoms with Gasteiger partial charge in [-0.05, 0) is 26.0 Å². The van der Waals surface area contributed by atoms with E-state index in [9.17, 15) is 13.6 Å². The number of methoxy groups -OCH3 is 1. The Morgan fingerprint density at radius 2 is 1.93 bits per heavy atom. The Balaban J connectivity index is 1.37. The number of nitrogens with zero attached hydrogens (tertiary/aromatic N) is 7. The van der Waals surface area contributed by atoms with Crippen molar-refractivity contribution in [3.8, 4) is 17.3 Å². The zero-order valence-corrected chi connectivity index (χ0v) is 25.4. The quantitative estimate of drug-likeness (QED) is 0.287. The summed E-state index contributed by atoms with van der Waals surface area (Å²) in [5.74, 6) is -1.64. The lowest BCUT2D eigenvalue weighted by Gasteiger charge is -2.35. The number of fused-ring (bicyclic) bond motifs is 2. The monoisotopic (exact) mass is 626 g/mol. The molecule has 2 aliphatic heterocycles. The third kappa shape index (κ3) is 5.66. The van der Waals surface area contributed by atoms with Gasteiger partial charge in [-0.2, -0.15) is 15.1 Å². The summed E-state index contributed by atoms with van der Waals surface area (Å²) in [4.78, 5) is 32.1. The number of pyridine rings is 1. The molecule has 6 rings (SSSR count). The molecule has 2 fully saturated rings. The minimum Gasteiger partial charge on any atom is -0.463 e. The molecule has 0 spiro atoms. The van der Waals surface area contributed by atoms with Crippen molar-refractivity contribution in [2.75, 3.05) is 57.9 Å². The van der Waals surface area contributed by atoms with Crippen molar-refractivity contribution in [2.24, 2.45) is 5.92 Å². The molecule has 5 heterocycles. The van der Waals surface area contributed by atoms with E-state index in [0.717, 1.165) is 13.1 Å². The molecule has 11 nitrogen and oxygen atoms in total. The smallest absolute Gasteiger partial charge is 0.320 e. The summed E-state index contributed by atoms with van der Waals surface area (Å²) in [6, 6.07) is 5.34. The van der Waals surface area contributed by atoms with Crippen LogP contribution in [-0.2, 0) is 9.53 Å². The number of rotatable bonds is 8. The zero-order chi connectivity index (χ0) is 31.1. The number of nitrogens with one attached hydrogen (secondary N) is 1. The highest BCUT2D eigenvalue weighted by molar-refractivity contribution is 6.35. The zero-order valence-electron chi connectivity index (χ0n) is 24.7. The Labute approximate surface area is 257 Å². The highest BCUT2D eigenvalue weighted by Crippen LogP contribution is 2.37. The average Bonchev–Trinajstić information content (AvgIpc) is 3.66. The molecule has 0 radical (unpaired) electrons. The van der Waals surface area contributed by atoms with Gasteiger partial charge in [0.2, 0.25) is 0 Å². The molecule has 2 saturated heterocycles. The van der Waals surface area contributed by atoms with E-state index >= 15 is 0 Å². The number of likely N-dealkylation sites (tertiary alicyclic amines) is 1. The fourth-order valence-electron chi connectivity index (χ4n) is 5.90. The van der Waals surface area contributed by atoms with Crippen LogP contribution in [0.5, 0.6) is 6.01 Å². The number of hydrogen-bond acceptors (Lipinski definition) is 9. The molecule has 44 heavy (non-hydrogen) atoms. The number of ether oxygens (including phenoxy) is 2. The number of benzene rings is 1. The Kier molecular flexibility index (Phi) is 8.36. The Morgan fingerprint density at radius 3 is 2.64 bits per heavy atom. The summed E-state index contributed by atoms with van der Waals surface area (Å²) in [6.45, 7) is 10.8. The molecule has 1 N–H and O–H groups in total. The number of carbonyl (C=O) groups is 1. The summed E-state index contributed by atoms with van der Waals surface area (Å²) >= 11 is 6.44. The molecule has 0 saturated carbocycles. The Hall–Kier alpha value is -3.94. The molecule has 2 aliphatic rings. The predicted molar refractivity (Wildman–Crippen MR) is 163 cm³/mol. The molecule has 1 aromatic carbocycles. The first-order valence-corrected chi connectivity index (χ1v) is 14.8. The molecule has 0 aliphatic carbocycles. The van der Waals surface area contributed by atoms with E-state index in [4.69, 9.17) is 31.0 Å². The molecule has 232 valence electrons. The number of aromatic amines is 1. The lowest BCUT2D eigenvalue weighted by atomic mass is 10.1. The van der Waals surface area contributed by atoms with Crippen LogP contribution in [0.2, 0.25) is 5.02 Å². The van der Waals surface area contributed by atoms with Gasteiger partial charge in [0.05, 0.1) is 40.5 Å². The fourth-order valence-corrected chi connectivity index (χ4v) is 6.15. The van der Waals surface area contributed by atoms with Gasteiger partial charge in [0.1, 0.15) is 11.6 Å². The molecular formula is C30H33ClF2N8O3. The minimum atomic E-state index is -0.988. The van der Waals surface area contributed by atoms with Crippen molar-refractivity contribution in [1.29, 1.82) is 0 Å². The van der Waals surface area contributed by atoms with Crippen LogP contribution < -0.4 is 9.64 Å². The van der Waals surface area contributed by atoms with Crippen LogP contribution in [0.15, 0.2) is 36.8 Å². The number of H-pyrrole nitrogens is 1. The van der Waals surface area contributed by atoms with Crippen molar-refractivity contribution in [3.05, 3.63) is 47.6 Å². The lowest BCUT2D eigenvalue weighted by Crippen LogP contribution is -2.49. The van der Waals surface area contributed by atoms with Gasteiger partial charge >= 0.3 is 6.01 Å². The summed E-state index contributed by atoms with van der Waals surface area (Å²) in [5, 5.41) is 7.99. The molecule has 1 unspecified atom stereocenters. The third-order valence-corrected chi connectivity index (χ3v) is 8.75. The van der Waals surface area contributed by atoms with Gasteiger partial charge in [0.15, 0.2) is 11.5 Å². The second kappa shape index (κ2) is 12.2.